The summed E-state index contributed by atoms with van der Waals surface area (Å²) in [5, 5.41) is 1.28. The van der Waals surface area contributed by atoms with Crippen molar-refractivity contribution in [3.8, 4) is 11.4 Å². The van der Waals surface area contributed by atoms with Crippen molar-refractivity contribution >= 4 is 23.2 Å². The van der Waals surface area contributed by atoms with E-state index in [4.69, 9.17) is 28.2 Å². The molecule has 4 rings (SSSR count). The number of aromatic nitrogens is 3. The molecule has 0 radical (unpaired) electrons. The van der Waals surface area contributed by atoms with Crippen LogP contribution in [0.15, 0.2) is 47.5 Å². The number of rotatable bonds is 3. The van der Waals surface area contributed by atoms with E-state index in [1.54, 1.807) is 18.5 Å². The van der Waals surface area contributed by atoms with Gasteiger partial charge < -0.3 is 4.98 Å². The first-order chi connectivity index (χ1) is 12.6. The predicted octanol–water partition coefficient (Wildman–Crippen LogP) is 3.70. The van der Waals surface area contributed by atoms with Gasteiger partial charge in [-0.3, -0.25) is 14.7 Å². The standard InChI is InChI=1S/C19H16Cl2N4O/c20-14-2-1-13(16(21)9-14)10-25-8-5-15-17(11-25)23-18(24-19(15)26)12-3-6-22-7-4-12/h1-4,6-7,9H,5,8,10-11H2,(H,23,24,26). The van der Waals surface area contributed by atoms with Crippen LogP contribution in [0, 0.1) is 0 Å². The molecule has 1 aromatic carbocycles. The van der Waals surface area contributed by atoms with Crippen LogP contribution in [0.5, 0.6) is 0 Å². The average Bonchev–Trinajstić information content (AvgIpc) is 2.64. The zero-order valence-corrected chi connectivity index (χ0v) is 15.4. The van der Waals surface area contributed by atoms with Gasteiger partial charge in [-0.05, 0) is 36.2 Å². The second kappa shape index (κ2) is 7.19. The highest BCUT2D eigenvalue weighted by Gasteiger charge is 2.22. The Balaban J connectivity index is 1.61. The second-order valence-electron chi connectivity index (χ2n) is 6.27. The fraction of sp³-hybridized carbons (Fsp3) is 0.211. The lowest BCUT2D eigenvalue weighted by Crippen LogP contribution is -2.35. The van der Waals surface area contributed by atoms with Gasteiger partial charge in [-0.1, -0.05) is 29.3 Å². The Bertz CT molecular complexity index is 1000. The third-order valence-corrected chi connectivity index (χ3v) is 5.10. The predicted molar refractivity (Wildman–Crippen MR) is 102 cm³/mol. The number of nitrogens with one attached hydrogen (secondary N) is 1. The molecule has 0 saturated carbocycles. The van der Waals surface area contributed by atoms with Crippen LogP contribution >= 0.6 is 23.2 Å². The maximum Gasteiger partial charge on any atom is 0.254 e. The fourth-order valence-electron chi connectivity index (χ4n) is 3.17. The van der Waals surface area contributed by atoms with Crippen LogP contribution in [-0.2, 0) is 19.5 Å². The number of benzene rings is 1. The SMILES string of the molecule is O=c1[nH]c(-c2ccncc2)nc2c1CCN(Cc1ccc(Cl)cc1Cl)C2. The molecule has 2 aromatic heterocycles. The van der Waals surface area contributed by atoms with Crippen LogP contribution in [0.2, 0.25) is 10.0 Å². The average molecular weight is 387 g/mol. The van der Waals surface area contributed by atoms with E-state index in [1.165, 1.54) is 0 Å². The molecule has 7 heteroatoms. The van der Waals surface area contributed by atoms with Gasteiger partial charge in [0.25, 0.3) is 5.56 Å². The molecule has 5 nitrogen and oxygen atoms in total. The molecule has 0 fully saturated rings. The molecule has 1 aliphatic heterocycles. The highest BCUT2D eigenvalue weighted by molar-refractivity contribution is 6.35. The van der Waals surface area contributed by atoms with Crippen LogP contribution in [0.25, 0.3) is 11.4 Å². The van der Waals surface area contributed by atoms with E-state index >= 15 is 0 Å². The normalized spacial score (nSPS) is 14.2. The second-order valence-corrected chi connectivity index (χ2v) is 7.12. The molecule has 0 atom stereocenters. The van der Waals surface area contributed by atoms with Crippen molar-refractivity contribution in [2.45, 2.75) is 19.5 Å². The lowest BCUT2D eigenvalue weighted by molar-refractivity contribution is 0.240. The molecule has 0 spiro atoms. The highest BCUT2D eigenvalue weighted by atomic mass is 35.5. The van der Waals surface area contributed by atoms with Crippen LogP contribution in [0.3, 0.4) is 0 Å². The molecule has 3 aromatic rings. The summed E-state index contributed by atoms with van der Waals surface area (Å²) in [4.78, 5) is 26.3. The van der Waals surface area contributed by atoms with E-state index < -0.39 is 0 Å². The third kappa shape index (κ3) is 3.51. The molecular weight excluding hydrogens is 371 g/mol. The summed E-state index contributed by atoms with van der Waals surface area (Å²) in [5.74, 6) is 0.572. The summed E-state index contributed by atoms with van der Waals surface area (Å²) >= 11 is 12.3. The third-order valence-electron chi connectivity index (χ3n) is 4.52. The van der Waals surface area contributed by atoms with Crippen LogP contribution in [0.1, 0.15) is 16.8 Å². The molecule has 0 amide bonds. The van der Waals surface area contributed by atoms with Gasteiger partial charge in [-0.15, -0.1) is 0 Å². The zero-order valence-electron chi connectivity index (χ0n) is 13.9. The maximum atomic E-state index is 12.4. The lowest BCUT2D eigenvalue weighted by Gasteiger charge is -2.28. The summed E-state index contributed by atoms with van der Waals surface area (Å²) in [6.07, 6.45) is 4.03. The van der Waals surface area contributed by atoms with Crippen LogP contribution in [0.4, 0.5) is 0 Å². The first-order valence-corrected chi connectivity index (χ1v) is 9.04. The van der Waals surface area contributed by atoms with E-state index in [-0.39, 0.29) is 5.56 Å². The van der Waals surface area contributed by atoms with Gasteiger partial charge in [0.1, 0.15) is 5.82 Å². The molecule has 0 bridgehead atoms. The van der Waals surface area contributed by atoms with Gasteiger partial charge >= 0.3 is 0 Å². The van der Waals surface area contributed by atoms with E-state index in [0.717, 1.165) is 28.9 Å². The molecule has 1 aliphatic rings. The Labute approximate surface area is 160 Å². The van der Waals surface area contributed by atoms with E-state index in [2.05, 4.69) is 14.9 Å². The molecule has 26 heavy (non-hydrogen) atoms. The van der Waals surface area contributed by atoms with Gasteiger partial charge in [0.15, 0.2) is 0 Å². The van der Waals surface area contributed by atoms with Crippen molar-refractivity contribution in [3.05, 3.63) is 79.9 Å². The number of pyridine rings is 1. The van der Waals surface area contributed by atoms with Gasteiger partial charge in [-0.2, -0.15) is 0 Å². The fourth-order valence-corrected chi connectivity index (χ4v) is 3.63. The van der Waals surface area contributed by atoms with Gasteiger partial charge in [0.2, 0.25) is 0 Å². The number of hydrogen-bond acceptors (Lipinski definition) is 4. The topological polar surface area (TPSA) is 61.9 Å². The van der Waals surface area contributed by atoms with Gasteiger partial charge in [-0.25, -0.2) is 4.98 Å². The minimum atomic E-state index is -0.0639. The minimum Gasteiger partial charge on any atom is -0.306 e. The Morgan fingerprint density at radius 3 is 2.73 bits per heavy atom. The van der Waals surface area contributed by atoms with Crippen molar-refractivity contribution in [2.24, 2.45) is 0 Å². The summed E-state index contributed by atoms with van der Waals surface area (Å²) in [5.41, 5.74) is 3.38. The summed E-state index contributed by atoms with van der Waals surface area (Å²) in [6, 6.07) is 9.19. The van der Waals surface area contributed by atoms with Crippen molar-refractivity contribution in [3.63, 3.8) is 0 Å². The van der Waals surface area contributed by atoms with Crippen molar-refractivity contribution in [1.82, 2.24) is 19.9 Å². The number of nitrogens with zero attached hydrogens (tertiary/aromatic N) is 3. The minimum absolute atomic E-state index is 0.0639. The lowest BCUT2D eigenvalue weighted by atomic mass is 10.0. The number of H-pyrrole nitrogens is 1. The van der Waals surface area contributed by atoms with E-state index in [1.807, 2.05) is 24.3 Å². The summed E-state index contributed by atoms with van der Waals surface area (Å²) in [6.45, 7) is 2.08. The molecule has 132 valence electrons. The van der Waals surface area contributed by atoms with Gasteiger partial charge in [0.05, 0.1) is 5.69 Å². The Hall–Kier alpha value is -2.21. The van der Waals surface area contributed by atoms with Crippen LogP contribution in [-0.4, -0.2) is 26.4 Å². The zero-order chi connectivity index (χ0) is 18.1. The molecule has 0 saturated heterocycles. The molecule has 1 N–H and O–H groups in total. The number of aromatic amines is 1. The first-order valence-electron chi connectivity index (χ1n) is 8.29. The van der Waals surface area contributed by atoms with Crippen LogP contribution < -0.4 is 5.56 Å². The van der Waals surface area contributed by atoms with E-state index in [9.17, 15) is 4.79 Å². The number of fused-ring (bicyclic) bond motifs is 1. The molecule has 0 aliphatic carbocycles. The van der Waals surface area contributed by atoms with Gasteiger partial charge in [0, 0.05) is 53.2 Å². The monoisotopic (exact) mass is 386 g/mol. The largest absolute Gasteiger partial charge is 0.306 e. The maximum absolute atomic E-state index is 12.4. The van der Waals surface area contributed by atoms with Crippen molar-refractivity contribution < 1.29 is 0 Å². The quantitative estimate of drug-likeness (QED) is 0.745. The molecular formula is C19H16Cl2N4O. The Morgan fingerprint density at radius 2 is 1.96 bits per heavy atom. The van der Waals surface area contributed by atoms with E-state index in [0.29, 0.717) is 35.4 Å². The smallest absolute Gasteiger partial charge is 0.254 e. The Morgan fingerprint density at radius 1 is 1.15 bits per heavy atom. The first kappa shape index (κ1) is 17.2. The van der Waals surface area contributed by atoms with Crippen molar-refractivity contribution in [2.75, 3.05) is 6.54 Å². The number of halogens is 2. The molecule has 3 heterocycles. The summed E-state index contributed by atoms with van der Waals surface area (Å²) < 4.78 is 0. The summed E-state index contributed by atoms with van der Waals surface area (Å²) in [7, 11) is 0. The number of hydrogen-bond donors (Lipinski definition) is 1. The van der Waals surface area contributed by atoms with Crippen molar-refractivity contribution in [1.29, 1.82) is 0 Å². The molecule has 0 unspecified atom stereocenters. The highest BCUT2D eigenvalue weighted by Crippen LogP contribution is 2.25. The Kier molecular flexibility index (Phi) is 4.76.